The van der Waals surface area contributed by atoms with E-state index in [2.05, 4.69) is 0 Å². The fraction of sp³-hybridized carbons (Fsp3) is 0.125. The van der Waals surface area contributed by atoms with E-state index in [1.807, 2.05) is 0 Å². The van der Waals surface area contributed by atoms with Gasteiger partial charge in [0.25, 0.3) is 0 Å². The molecule has 0 saturated heterocycles. The molecule has 0 atom stereocenters. The SMILES string of the molecule is O=C(O)Cc1c(O)c(Cl)cc(F)c1F. The second kappa shape index (κ2) is 3.79. The number of phenolic OH excluding ortho intramolecular Hbond substituents is 1. The molecule has 1 rings (SSSR count). The summed E-state index contributed by atoms with van der Waals surface area (Å²) in [6.45, 7) is 0. The highest BCUT2D eigenvalue weighted by molar-refractivity contribution is 6.32. The molecule has 14 heavy (non-hydrogen) atoms. The van der Waals surface area contributed by atoms with E-state index in [-0.39, 0.29) is 0 Å². The van der Waals surface area contributed by atoms with Crippen LogP contribution in [0.25, 0.3) is 0 Å². The van der Waals surface area contributed by atoms with Crippen LogP contribution in [0.5, 0.6) is 5.75 Å². The summed E-state index contributed by atoms with van der Waals surface area (Å²) in [5.41, 5.74) is -0.650. The van der Waals surface area contributed by atoms with Gasteiger partial charge in [-0.3, -0.25) is 4.79 Å². The Morgan fingerprint density at radius 2 is 2.07 bits per heavy atom. The van der Waals surface area contributed by atoms with Crippen LogP contribution in [0.2, 0.25) is 5.02 Å². The van der Waals surface area contributed by atoms with Gasteiger partial charge in [0.2, 0.25) is 0 Å². The normalized spacial score (nSPS) is 10.2. The molecule has 2 N–H and O–H groups in total. The molecule has 0 fully saturated rings. The van der Waals surface area contributed by atoms with E-state index in [9.17, 15) is 13.6 Å². The zero-order chi connectivity index (χ0) is 10.9. The number of aliphatic carboxylic acids is 1. The van der Waals surface area contributed by atoms with Crippen LogP contribution in [0.1, 0.15) is 5.56 Å². The van der Waals surface area contributed by atoms with Gasteiger partial charge in [0.15, 0.2) is 11.6 Å². The average molecular weight is 223 g/mol. The van der Waals surface area contributed by atoms with Crippen LogP contribution in [0.15, 0.2) is 6.07 Å². The molecule has 3 nitrogen and oxygen atoms in total. The summed E-state index contributed by atoms with van der Waals surface area (Å²) in [6.07, 6.45) is -0.824. The maximum Gasteiger partial charge on any atom is 0.308 e. The lowest BCUT2D eigenvalue weighted by Crippen LogP contribution is -2.04. The smallest absolute Gasteiger partial charge is 0.308 e. The van der Waals surface area contributed by atoms with Crippen molar-refractivity contribution in [2.45, 2.75) is 6.42 Å². The summed E-state index contributed by atoms with van der Waals surface area (Å²) in [7, 11) is 0. The van der Waals surface area contributed by atoms with Gasteiger partial charge in [0, 0.05) is 5.56 Å². The van der Waals surface area contributed by atoms with E-state index >= 15 is 0 Å². The summed E-state index contributed by atoms with van der Waals surface area (Å²) in [5, 5.41) is 17.1. The van der Waals surface area contributed by atoms with Crippen molar-refractivity contribution in [3.05, 3.63) is 28.3 Å². The maximum atomic E-state index is 12.9. The van der Waals surface area contributed by atoms with Crippen molar-refractivity contribution in [3.63, 3.8) is 0 Å². The summed E-state index contributed by atoms with van der Waals surface area (Å²) >= 11 is 5.32. The molecular weight excluding hydrogens is 218 g/mol. The van der Waals surface area contributed by atoms with Gasteiger partial charge in [-0.2, -0.15) is 0 Å². The van der Waals surface area contributed by atoms with Crippen molar-refractivity contribution in [3.8, 4) is 5.75 Å². The monoisotopic (exact) mass is 222 g/mol. The number of carbonyl (C=O) groups is 1. The van der Waals surface area contributed by atoms with Crippen molar-refractivity contribution in [2.24, 2.45) is 0 Å². The Morgan fingerprint density at radius 3 is 2.57 bits per heavy atom. The highest BCUT2D eigenvalue weighted by Gasteiger charge is 2.19. The molecule has 1 aromatic rings. The molecule has 0 amide bonds. The standard InChI is InChI=1S/C8H5ClF2O3/c9-4-2-5(10)7(11)3(8(4)14)1-6(12)13/h2,14H,1H2,(H,12,13). The van der Waals surface area contributed by atoms with Gasteiger partial charge in [-0.25, -0.2) is 8.78 Å². The third-order valence-corrected chi connectivity index (χ3v) is 1.86. The molecule has 1 aromatic carbocycles. The summed E-state index contributed by atoms with van der Waals surface area (Å²) in [6, 6.07) is 0.581. The highest BCUT2D eigenvalue weighted by Crippen LogP contribution is 2.31. The fourth-order valence-electron chi connectivity index (χ4n) is 0.948. The van der Waals surface area contributed by atoms with Gasteiger partial charge in [0.1, 0.15) is 5.75 Å². The predicted octanol–water partition coefficient (Wildman–Crippen LogP) is 1.95. The lowest BCUT2D eigenvalue weighted by atomic mass is 10.1. The lowest BCUT2D eigenvalue weighted by molar-refractivity contribution is -0.136. The summed E-state index contributed by atoms with van der Waals surface area (Å²) in [5.74, 6) is -4.81. The first kappa shape index (κ1) is 10.7. The average Bonchev–Trinajstić information content (AvgIpc) is 2.09. The second-order valence-corrected chi connectivity index (χ2v) is 2.96. The minimum atomic E-state index is -1.39. The first-order chi connectivity index (χ1) is 6.43. The van der Waals surface area contributed by atoms with Gasteiger partial charge in [-0.1, -0.05) is 11.6 Å². The number of hydrogen-bond donors (Lipinski definition) is 2. The van der Waals surface area contributed by atoms with Gasteiger partial charge in [-0.05, 0) is 6.07 Å². The number of phenols is 1. The third kappa shape index (κ3) is 1.93. The molecule has 0 aromatic heterocycles. The minimum Gasteiger partial charge on any atom is -0.506 e. The molecule has 0 aliphatic carbocycles. The van der Waals surface area contributed by atoms with Crippen LogP contribution in [0.3, 0.4) is 0 Å². The molecule has 0 unspecified atom stereocenters. The van der Waals surface area contributed by atoms with Gasteiger partial charge < -0.3 is 10.2 Å². The van der Waals surface area contributed by atoms with Crippen LogP contribution in [0, 0.1) is 11.6 Å². The van der Waals surface area contributed by atoms with E-state index < -0.39 is 40.4 Å². The number of benzene rings is 1. The zero-order valence-corrected chi connectivity index (χ0v) is 7.48. The first-order valence-corrected chi connectivity index (χ1v) is 3.88. The highest BCUT2D eigenvalue weighted by atomic mass is 35.5. The molecule has 0 aliphatic heterocycles. The second-order valence-electron chi connectivity index (χ2n) is 2.55. The van der Waals surface area contributed by atoms with E-state index in [0.29, 0.717) is 6.07 Å². The van der Waals surface area contributed by atoms with Crippen LogP contribution in [0.4, 0.5) is 8.78 Å². The number of carboxylic acids is 1. The molecule has 0 radical (unpaired) electrons. The maximum absolute atomic E-state index is 12.9. The first-order valence-electron chi connectivity index (χ1n) is 3.50. The molecule has 0 heterocycles. The molecule has 0 bridgehead atoms. The number of aromatic hydroxyl groups is 1. The Bertz CT molecular complexity index is 366. The Kier molecular flexibility index (Phi) is 2.90. The molecule has 76 valence electrons. The quantitative estimate of drug-likeness (QED) is 0.752. The van der Waals surface area contributed by atoms with Gasteiger partial charge in [0.05, 0.1) is 11.4 Å². The Balaban J connectivity index is 3.31. The predicted molar refractivity (Wildman–Crippen MR) is 44.4 cm³/mol. The van der Waals surface area contributed by atoms with Crippen LogP contribution in [-0.4, -0.2) is 16.2 Å². The minimum absolute atomic E-state index is 0.417. The van der Waals surface area contributed by atoms with E-state index in [0.717, 1.165) is 0 Å². The van der Waals surface area contributed by atoms with Crippen molar-refractivity contribution < 1.29 is 23.8 Å². The van der Waals surface area contributed by atoms with Crippen molar-refractivity contribution in [2.75, 3.05) is 0 Å². The Hall–Kier alpha value is -1.36. The largest absolute Gasteiger partial charge is 0.506 e. The number of rotatable bonds is 2. The molecular formula is C8H5ClF2O3. The Labute approximate surface area is 82.5 Å². The number of halogens is 3. The molecule has 0 saturated carbocycles. The van der Waals surface area contributed by atoms with E-state index in [4.69, 9.17) is 21.8 Å². The zero-order valence-electron chi connectivity index (χ0n) is 6.72. The van der Waals surface area contributed by atoms with Gasteiger partial charge >= 0.3 is 5.97 Å². The van der Waals surface area contributed by atoms with Crippen molar-refractivity contribution >= 4 is 17.6 Å². The van der Waals surface area contributed by atoms with Crippen LogP contribution in [-0.2, 0) is 11.2 Å². The summed E-state index contributed by atoms with van der Waals surface area (Å²) in [4.78, 5) is 10.3. The third-order valence-electron chi connectivity index (χ3n) is 1.57. The topological polar surface area (TPSA) is 57.5 Å². The number of carboxylic acid groups (broad SMARTS) is 1. The van der Waals surface area contributed by atoms with Crippen LogP contribution >= 0.6 is 11.6 Å². The van der Waals surface area contributed by atoms with Crippen molar-refractivity contribution in [1.29, 1.82) is 0 Å². The van der Waals surface area contributed by atoms with E-state index in [1.165, 1.54) is 0 Å². The van der Waals surface area contributed by atoms with Crippen molar-refractivity contribution in [1.82, 2.24) is 0 Å². The lowest BCUT2D eigenvalue weighted by Gasteiger charge is -2.05. The molecule has 6 heteroatoms. The van der Waals surface area contributed by atoms with Crippen LogP contribution < -0.4 is 0 Å². The Morgan fingerprint density at radius 1 is 1.50 bits per heavy atom. The molecule has 0 aliphatic rings. The fourth-order valence-corrected chi connectivity index (χ4v) is 1.16. The van der Waals surface area contributed by atoms with E-state index in [1.54, 1.807) is 0 Å². The molecule has 0 spiro atoms. The summed E-state index contributed by atoms with van der Waals surface area (Å²) < 4.78 is 25.7. The van der Waals surface area contributed by atoms with Gasteiger partial charge in [-0.15, -0.1) is 0 Å². The number of hydrogen-bond acceptors (Lipinski definition) is 2.